The van der Waals surface area contributed by atoms with E-state index in [-0.39, 0.29) is 21.1 Å². The third kappa shape index (κ3) is 10.8. The number of hydrogen-bond acceptors (Lipinski definition) is 1. The van der Waals surface area contributed by atoms with Crippen LogP contribution in [0, 0.1) is 0 Å². The van der Waals surface area contributed by atoms with E-state index in [0.717, 1.165) is 0 Å². The van der Waals surface area contributed by atoms with Crippen molar-refractivity contribution in [2.75, 3.05) is 0 Å². The Balaban J connectivity index is 0.000000280. The molecule has 0 amide bonds. The van der Waals surface area contributed by atoms with Crippen LogP contribution in [-0.2, 0) is 4.74 Å². The predicted molar refractivity (Wildman–Crippen MR) is 65.2 cm³/mol. The van der Waals surface area contributed by atoms with Crippen molar-refractivity contribution in [2.24, 2.45) is 0 Å². The summed E-state index contributed by atoms with van der Waals surface area (Å²) in [7, 11) is 0. The zero-order valence-corrected chi connectivity index (χ0v) is 13.2. The first-order valence-electron chi connectivity index (χ1n) is 6.08. The Morgan fingerprint density at radius 3 is 1.50 bits per heavy atom. The Morgan fingerprint density at radius 2 is 1.29 bits per heavy atom. The van der Waals surface area contributed by atoms with Gasteiger partial charge in [-0.1, -0.05) is 0 Å². The van der Waals surface area contributed by atoms with Gasteiger partial charge in [-0.15, -0.1) is 0 Å². The van der Waals surface area contributed by atoms with Gasteiger partial charge in [-0.3, -0.25) is 0 Å². The van der Waals surface area contributed by atoms with Gasteiger partial charge in [0.05, 0.1) is 12.2 Å². The standard InChI is InChI=1S/C4H8O.2C4H9.Sn/c1-3-4(2)5-3;2*1-3-4-2;/h3-4H,1-2H3;2*1,3-4H2,2H3;. The Labute approximate surface area is 100 Å². The summed E-state index contributed by atoms with van der Waals surface area (Å²) in [5.41, 5.74) is 0. The van der Waals surface area contributed by atoms with Crippen LogP contribution in [0.15, 0.2) is 0 Å². The molecule has 2 unspecified atom stereocenters. The molecule has 0 aliphatic carbocycles. The molecule has 84 valence electrons. The van der Waals surface area contributed by atoms with Crippen molar-refractivity contribution in [3.05, 3.63) is 0 Å². The van der Waals surface area contributed by atoms with Gasteiger partial charge in [-0.05, 0) is 13.8 Å². The average molecular weight is 305 g/mol. The van der Waals surface area contributed by atoms with E-state index >= 15 is 0 Å². The molecule has 0 aromatic heterocycles. The van der Waals surface area contributed by atoms with E-state index in [4.69, 9.17) is 4.74 Å². The van der Waals surface area contributed by atoms with Crippen LogP contribution in [0.1, 0.15) is 53.4 Å². The normalized spacial score (nSPS) is 24.0. The molecule has 1 saturated heterocycles. The maximum atomic E-state index is 4.92. The van der Waals surface area contributed by atoms with Crippen LogP contribution in [0.2, 0.25) is 8.87 Å². The fourth-order valence-electron chi connectivity index (χ4n) is 1.02. The minimum atomic E-state index is 0.149. The van der Waals surface area contributed by atoms with Gasteiger partial charge in [0.15, 0.2) is 0 Å². The first-order chi connectivity index (χ1) is 6.72. The zero-order valence-electron chi connectivity index (χ0n) is 10.3. The van der Waals surface area contributed by atoms with Crippen LogP contribution in [0.25, 0.3) is 0 Å². The van der Waals surface area contributed by atoms with Crippen LogP contribution in [0.3, 0.4) is 0 Å². The molecule has 0 saturated carbocycles. The molecule has 1 heterocycles. The molecule has 2 atom stereocenters. The Bertz CT molecular complexity index is 105. The quantitative estimate of drug-likeness (QED) is 0.412. The van der Waals surface area contributed by atoms with Crippen LogP contribution in [0.4, 0.5) is 0 Å². The van der Waals surface area contributed by atoms with E-state index in [2.05, 4.69) is 27.7 Å². The van der Waals surface area contributed by atoms with E-state index in [9.17, 15) is 0 Å². The molecule has 2 heteroatoms. The second-order valence-electron chi connectivity index (χ2n) is 4.00. The summed E-state index contributed by atoms with van der Waals surface area (Å²) < 4.78 is 8.17. The molecule has 1 fully saturated rings. The second-order valence-corrected chi connectivity index (χ2v) is 8.28. The monoisotopic (exact) mass is 306 g/mol. The topological polar surface area (TPSA) is 12.5 Å². The van der Waals surface area contributed by atoms with Crippen LogP contribution in [-0.4, -0.2) is 33.4 Å². The van der Waals surface area contributed by atoms with Crippen molar-refractivity contribution in [3.8, 4) is 0 Å². The van der Waals surface area contributed by atoms with Gasteiger partial charge < -0.3 is 4.74 Å². The first kappa shape index (κ1) is 14.8. The molecule has 0 spiro atoms. The molecule has 1 aliphatic rings. The summed E-state index contributed by atoms with van der Waals surface area (Å²) in [5, 5.41) is 0. The predicted octanol–water partition coefficient (Wildman–Crippen LogP) is 3.92. The van der Waals surface area contributed by atoms with E-state index in [1.165, 1.54) is 25.7 Å². The molecule has 0 bridgehead atoms. The fraction of sp³-hybridized carbons (Fsp3) is 1.00. The third-order valence-corrected chi connectivity index (χ3v) is 6.46. The van der Waals surface area contributed by atoms with E-state index in [1.807, 2.05) is 0 Å². The van der Waals surface area contributed by atoms with Gasteiger partial charge in [-0.2, -0.15) is 0 Å². The molecule has 0 N–H and O–H groups in total. The Hall–Kier alpha value is 0.759. The number of rotatable bonds is 6. The van der Waals surface area contributed by atoms with Gasteiger partial charge >= 0.3 is 69.5 Å². The van der Waals surface area contributed by atoms with Gasteiger partial charge in [0.25, 0.3) is 0 Å². The second kappa shape index (κ2) is 10.3. The third-order valence-electron chi connectivity index (χ3n) is 2.43. The first-order valence-corrected chi connectivity index (χ1v) is 10.1. The summed E-state index contributed by atoms with van der Waals surface area (Å²) in [6.45, 7) is 8.73. The molecular formula is C12H26OSn. The van der Waals surface area contributed by atoms with E-state index in [0.29, 0.717) is 12.2 Å². The maximum absolute atomic E-state index is 4.92. The van der Waals surface area contributed by atoms with Crippen LogP contribution < -0.4 is 0 Å². The Morgan fingerprint density at radius 1 is 0.929 bits per heavy atom. The van der Waals surface area contributed by atoms with Gasteiger partial charge in [0.2, 0.25) is 0 Å². The van der Waals surface area contributed by atoms with Crippen LogP contribution >= 0.6 is 0 Å². The number of ether oxygens (including phenoxy) is 1. The van der Waals surface area contributed by atoms with Gasteiger partial charge in [0.1, 0.15) is 0 Å². The number of unbranched alkanes of at least 4 members (excludes halogenated alkanes) is 2. The molecule has 2 radical (unpaired) electrons. The molecular weight excluding hydrogens is 279 g/mol. The van der Waals surface area contributed by atoms with Crippen molar-refractivity contribution >= 4 is 21.1 Å². The van der Waals surface area contributed by atoms with Gasteiger partial charge in [0, 0.05) is 0 Å². The van der Waals surface area contributed by atoms with Crippen molar-refractivity contribution < 1.29 is 4.74 Å². The van der Waals surface area contributed by atoms with E-state index in [1.54, 1.807) is 8.87 Å². The van der Waals surface area contributed by atoms with Crippen molar-refractivity contribution in [3.63, 3.8) is 0 Å². The molecule has 0 aromatic rings. The van der Waals surface area contributed by atoms with Crippen molar-refractivity contribution in [1.82, 2.24) is 0 Å². The van der Waals surface area contributed by atoms with Gasteiger partial charge in [-0.25, -0.2) is 0 Å². The summed E-state index contributed by atoms with van der Waals surface area (Å²) >= 11 is 0.149. The van der Waals surface area contributed by atoms with Crippen molar-refractivity contribution in [2.45, 2.75) is 74.5 Å². The van der Waals surface area contributed by atoms with Crippen molar-refractivity contribution in [1.29, 1.82) is 0 Å². The zero-order chi connectivity index (χ0) is 10.8. The summed E-state index contributed by atoms with van der Waals surface area (Å²) in [6, 6.07) is 0. The fourth-order valence-corrected chi connectivity index (χ4v) is 5.18. The molecule has 1 nitrogen and oxygen atoms in total. The Kier molecular flexibility index (Phi) is 10.8. The summed E-state index contributed by atoms with van der Waals surface area (Å²) in [5.74, 6) is 0. The molecule has 1 rings (SSSR count). The molecule has 14 heavy (non-hydrogen) atoms. The van der Waals surface area contributed by atoms with Crippen LogP contribution in [0.5, 0.6) is 0 Å². The minimum absolute atomic E-state index is 0.149. The number of epoxide rings is 1. The summed E-state index contributed by atoms with van der Waals surface area (Å²) in [6.07, 6.45) is 6.94. The summed E-state index contributed by atoms with van der Waals surface area (Å²) in [4.78, 5) is 0. The number of hydrogen-bond donors (Lipinski definition) is 0. The molecule has 1 aliphatic heterocycles. The van der Waals surface area contributed by atoms with E-state index < -0.39 is 0 Å². The average Bonchev–Trinajstić information content (AvgIpc) is 2.81. The molecule has 0 aromatic carbocycles. The SMILES string of the molecule is CC1OC1C.CCC[CH2][Sn][CH2]CCC.